The summed E-state index contributed by atoms with van der Waals surface area (Å²) in [5, 5.41) is 4.66. The summed E-state index contributed by atoms with van der Waals surface area (Å²) in [5.74, 6) is 0.788. The molecule has 0 spiro atoms. The molecule has 2 aliphatic heterocycles. The molecule has 0 bridgehead atoms. The van der Waals surface area contributed by atoms with Gasteiger partial charge in [-0.1, -0.05) is 23.5 Å². The van der Waals surface area contributed by atoms with Gasteiger partial charge in [0.05, 0.1) is 5.69 Å². The first-order chi connectivity index (χ1) is 17.0. The van der Waals surface area contributed by atoms with Crippen molar-refractivity contribution in [1.29, 1.82) is 0 Å². The zero-order valence-electron chi connectivity index (χ0n) is 18.5. The lowest BCUT2D eigenvalue weighted by molar-refractivity contribution is 0.0626. The SMILES string of the molecule is O=C(c1ccc2c(c1)OCO2)N1CCN(Cc2cc(=O)n3nc(-c4ccccc4F)sc3n2)CC1. The molecule has 4 aromatic rings. The molecule has 9 nitrogen and oxygen atoms in total. The van der Waals surface area contributed by atoms with Crippen molar-refractivity contribution in [2.45, 2.75) is 6.54 Å². The number of hydrogen-bond acceptors (Lipinski definition) is 8. The summed E-state index contributed by atoms with van der Waals surface area (Å²) in [5.41, 5.74) is 1.22. The third-order valence-corrected chi connectivity index (χ3v) is 7.01. The number of piperazine rings is 1. The van der Waals surface area contributed by atoms with Gasteiger partial charge in [-0.3, -0.25) is 14.5 Å². The molecule has 0 aliphatic carbocycles. The van der Waals surface area contributed by atoms with Crippen molar-refractivity contribution in [3.8, 4) is 22.1 Å². The molecule has 0 saturated carbocycles. The van der Waals surface area contributed by atoms with Crippen molar-refractivity contribution in [2.75, 3.05) is 33.0 Å². The van der Waals surface area contributed by atoms with Crippen molar-refractivity contribution in [3.05, 3.63) is 76.0 Å². The van der Waals surface area contributed by atoms with E-state index in [4.69, 9.17) is 9.47 Å². The number of benzene rings is 2. The van der Waals surface area contributed by atoms with Gasteiger partial charge in [0.25, 0.3) is 11.5 Å². The van der Waals surface area contributed by atoms with Crippen LogP contribution in [0.4, 0.5) is 4.39 Å². The fourth-order valence-corrected chi connectivity index (χ4v) is 5.18. The standard InChI is InChI=1S/C24H20FN5O4S/c25-18-4-2-1-3-17(18)22-27-30-21(31)12-16(26-24(30)35-22)13-28-7-9-29(10-8-28)23(32)15-5-6-19-20(11-15)34-14-33-19/h1-6,11-12H,7-10,13-14H2. The Hall–Kier alpha value is -3.83. The van der Waals surface area contributed by atoms with Crippen molar-refractivity contribution in [2.24, 2.45) is 0 Å². The highest BCUT2D eigenvalue weighted by Gasteiger charge is 2.25. The summed E-state index contributed by atoms with van der Waals surface area (Å²) in [6.45, 7) is 3.08. The van der Waals surface area contributed by atoms with Crippen LogP contribution in [-0.4, -0.2) is 63.3 Å². The van der Waals surface area contributed by atoms with E-state index in [-0.39, 0.29) is 18.3 Å². The molecule has 1 amide bonds. The number of halogens is 1. The van der Waals surface area contributed by atoms with Crippen molar-refractivity contribution in [1.82, 2.24) is 24.4 Å². The summed E-state index contributed by atoms with van der Waals surface area (Å²) in [4.78, 5) is 34.5. The summed E-state index contributed by atoms with van der Waals surface area (Å²) in [7, 11) is 0. The Bertz CT molecular complexity index is 1500. The van der Waals surface area contributed by atoms with Crippen LogP contribution in [0.1, 0.15) is 16.1 Å². The van der Waals surface area contributed by atoms with Gasteiger partial charge < -0.3 is 14.4 Å². The normalized spacial score (nSPS) is 15.6. The third kappa shape index (κ3) is 4.13. The summed E-state index contributed by atoms with van der Waals surface area (Å²) in [6.07, 6.45) is 0. The van der Waals surface area contributed by atoms with E-state index in [0.29, 0.717) is 71.0 Å². The molecule has 0 atom stereocenters. The minimum absolute atomic E-state index is 0.0499. The van der Waals surface area contributed by atoms with E-state index in [1.165, 1.54) is 28.0 Å². The van der Waals surface area contributed by atoms with Crippen LogP contribution in [0.2, 0.25) is 0 Å². The van der Waals surface area contributed by atoms with Crippen molar-refractivity contribution < 1.29 is 18.7 Å². The highest BCUT2D eigenvalue weighted by molar-refractivity contribution is 7.19. The fourth-order valence-electron chi connectivity index (χ4n) is 4.23. The number of rotatable bonds is 4. The van der Waals surface area contributed by atoms with Crippen LogP contribution in [0.25, 0.3) is 15.5 Å². The molecule has 35 heavy (non-hydrogen) atoms. The number of nitrogens with zero attached hydrogens (tertiary/aromatic N) is 5. The first-order valence-electron chi connectivity index (χ1n) is 11.1. The van der Waals surface area contributed by atoms with Gasteiger partial charge in [-0.15, -0.1) is 0 Å². The molecule has 2 aromatic heterocycles. The maximum absolute atomic E-state index is 14.2. The maximum Gasteiger partial charge on any atom is 0.275 e. The minimum Gasteiger partial charge on any atom is -0.454 e. The number of fused-ring (bicyclic) bond motifs is 2. The Kier molecular flexibility index (Phi) is 5.42. The van der Waals surface area contributed by atoms with Crippen LogP contribution in [0.15, 0.2) is 53.3 Å². The molecular weight excluding hydrogens is 473 g/mol. The van der Waals surface area contributed by atoms with E-state index in [0.717, 1.165) is 0 Å². The minimum atomic E-state index is -0.395. The van der Waals surface area contributed by atoms with Gasteiger partial charge in [0.2, 0.25) is 11.8 Å². The first kappa shape index (κ1) is 21.7. The number of aromatic nitrogens is 3. The predicted molar refractivity (Wildman–Crippen MR) is 126 cm³/mol. The Labute approximate surface area is 203 Å². The number of ether oxygens (including phenoxy) is 2. The monoisotopic (exact) mass is 493 g/mol. The highest BCUT2D eigenvalue weighted by atomic mass is 32.1. The summed E-state index contributed by atoms with van der Waals surface area (Å²) >= 11 is 1.18. The lowest BCUT2D eigenvalue weighted by Crippen LogP contribution is -2.48. The molecule has 4 heterocycles. The van der Waals surface area contributed by atoms with E-state index < -0.39 is 5.82 Å². The van der Waals surface area contributed by atoms with Gasteiger partial charge >= 0.3 is 0 Å². The number of carbonyl (C=O) groups excluding carboxylic acids is 1. The van der Waals surface area contributed by atoms with E-state index in [1.807, 2.05) is 4.90 Å². The first-order valence-corrected chi connectivity index (χ1v) is 11.9. The van der Waals surface area contributed by atoms with Crippen LogP contribution < -0.4 is 15.0 Å². The Balaban J connectivity index is 1.14. The molecule has 0 N–H and O–H groups in total. The van der Waals surface area contributed by atoms with E-state index in [9.17, 15) is 14.0 Å². The van der Waals surface area contributed by atoms with Gasteiger partial charge in [-0.05, 0) is 30.3 Å². The smallest absolute Gasteiger partial charge is 0.275 e. The molecule has 0 unspecified atom stereocenters. The fraction of sp³-hybridized carbons (Fsp3) is 0.250. The summed E-state index contributed by atoms with van der Waals surface area (Å²) < 4.78 is 26.1. The van der Waals surface area contributed by atoms with E-state index in [1.54, 1.807) is 36.4 Å². The largest absolute Gasteiger partial charge is 0.454 e. The summed E-state index contributed by atoms with van der Waals surface area (Å²) in [6, 6.07) is 13.0. The van der Waals surface area contributed by atoms with Crippen LogP contribution in [0.5, 0.6) is 11.5 Å². The Morgan fingerprint density at radius 3 is 2.66 bits per heavy atom. The van der Waals surface area contributed by atoms with Crippen molar-refractivity contribution >= 4 is 22.2 Å². The van der Waals surface area contributed by atoms with Crippen LogP contribution in [-0.2, 0) is 6.54 Å². The molecule has 2 aromatic carbocycles. The van der Waals surface area contributed by atoms with Gasteiger partial charge in [0, 0.05) is 49.9 Å². The molecule has 0 radical (unpaired) electrons. The lowest BCUT2D eigenvalue weighted by Gasteiger charge is -2.34. The molecule has 11 heteroatoms. The third-order valence-electron chi connectivity index (χ3n) is 6.07. The van der Waals surface area contributed by atoms with E-state index >= 15 is 0 Å². The van der Waals surface area contributed by atoms with Gasteiger partial charge in [0.1, 0.15) is 5.82 Å². The van der Waals surface area contributed by atoms with E-state index in [2.05, 4.69) is 15.0 Å². The number of carbonyl (C=O) groups is 1. The molecule has 1 fully saturated rings. The Morgan fingerprint density at radius 1 is 1.03 bits per heavy atom. The average molecular weight is 494 g/mol. The highest BCUT2D eigenvalue weighted by Crippen LogP contribution is 2.33. The van der Waals surface area contributed by atoms with Gasteiger partial charge in [-0.2, -0.15) is 9.61 Å². The number of hydrogen-bond donors (Lipinski definition) is 0. The quantitative estimate of drug-likeness (QED) is 0.432. The molecule has 1 saturated heterocycles. The second kappa shape index (κ2) is 8.75. The maximum atomic E-state index is 14.2. The average Bonchev–Trinajstić information content (AvgIpc) is 3.51. The zero-order chi connectivity index (χ0) is 23.9. The van der Waals surface area contributed by atoms with Gasteiger partial charge in [0.15, 0.2) is 16.5 Å². The predicted octanol–water partition coefficient (Wildman–Crippen LogP) is 2.64. The second-order valence-electron chi connectivity index (χ2n) is 8.30. The second-order valence-corrected chi connectivity index (χ2v) is 9.26. The zero-order valence-corrected chi connectivity index (χ0v) is 19.3. The molecule has 178 valence electrons. The molecule has 2 aliphatic rings. The lowest BCUT2D eigenvalue weighted by atomic mass is 10.1. The topological polar surface area (TPSA) is 89.3 Å². The van der Waals surface area contributed by atoms with Crippen LogP contribution >= 0.6 is 11.3 Å². The number of amides is 1. The Morgan fingerprint density at radius 2 is 1.83 bits per heavy atom. The van der Waals surface area contributed by atoms with Gasteiger partial charge in [-0.25, -0.2) is 9.37 Å². The molecular formula is C24H20FN5O4S. The van der Waals surface area contributed by atoms with Crippen LogP contribution in [0, 0.1) is 5.82 Å². The van der Waals surface area contributed by atoms with Crippen LogP contribution in [0.3, 0.4) is 0 Å². The molecule has 6 rings (SSSR count). The van der Waals surface area contributed by atoms with Crippen molar-refractivity contribution in [3.63, 3.8) is 0 Å².